The third kappa shape index (κ3) is 11.8. The molecule has 1 aromatic rings. The van der Waals surface area contributed by atoms with E-state index in [9.17, 15) is 28.8 Å². The Bertz CT molecular complexity index is 1750. The number of carbonyl (C=O) groups excluding carboxylic acids is 6. The van der Waals surface area contributed by atoms with E-state index in [1.54, 1.807) is 47.6 Å². The summed E-state index contributed by atoms with van der Waals surface area (Å²) in [6, 6.07) is 0. The molecule has 0 saturated heterocycles. The van der Waals surface area contributed by atoms with E-state index in [2.05, 4.69) is 39.5 Å². The van der Waals surface area contributed by atoms with Crippen LogP contribution in [0.15, 0.2) is 16.7 Å². The number of amides is 6. The average molecular weight is 838 g/mol. The van der Waals surface area contributed by atoms with Crippen LogP contribution in [0, 0.1) is 17.3 Å². The summed E-state index contributed by atoms with van der Waals surface area (Å²) in [6.07, 6.45) is 15.7. The highest BCUT2D eigenvalue weighted by Gasteiger charge is 2.49. The second kappa shape index (κ2) is 20.7. The molecule has 0 radical (unpaired) electrons. The third-order valence-corrected chi connectivity index (χ3v) is 13.2. The smallest absolute Gasteiger partial charge is 0.286 e. The van der Waals surface area contributed by atoms with Crippen LogP contribution in [0.1, 0.15) is 191 Å². The highest BCUT2D eigenvalue weighted by Crippen LogP contribution is 2.45. The average Bonchev–Trinajstić information content (AvgIpc) is 3.58. The molecule has 6 amide bonds. The van der Waals surface area contributed by atoms with Crippen molar-refractivity contribution in [3.05, 3.63) is 27.3 Å². The zero-order valence-corrected chi connectivity index (χ0v) is 39.7. The molecule has 0 N–H and O–H groups in total. The monoisotopic (exact) mass is 838 g/mol. The number of hydrogen-bond acceptors (Lipinski definition) is 9. The fourth-order valence-electron chi connectivity index (χ4n) is 8.47. The Morgan fingerprint density at radius 1 is 0.831 bits per heavy atom. The minimum absolute atomic E-state index is 0.00973. The van der Waals surface area contributed by atoms with E-state index in [0.717, 1.165) is 124 Å². The molecule has 1 saturated carbocycles. The van der Waals surface area contributed by atoms with Crippen molar-refractivity contribution in [1.82, 2.24) is 19.9 Å². The highest BCUT2D eigenvalue weighted by atomic mass is 32.1. The molecule has 0 bridgehead atoms. The molecule has 330 valence electrons. The molecule has 59 heavy (non-hydrogen) atoms. The Morgan fingerprint density at radius 3 is 1.78 bits per heavy atom. The van der Waals surface area contributed by atoms with Gasteiger partial charge in [-0.25, -0.2) is 4.98 Å². The number of anilines is 1. The van der Waals surface area contributed by atoms with Gasteiger partial charge in [0.1, 0.15) is 5.57 Å². The molecule has 1 aliphatic carbocycles. The van der Waals surface area contributed by atoms with Crippen molar-refractivity contribution in [2.75, 3.05) is 18.0 Å². The molecule has 1 fully saturated rings. The lowest BCUT2D eigenvalue weighted by Gasteiger charge is -2.39. The summed E-state index contributed by atoms with van der Waals surface area (Å²) in [4.78, 5) is 94.1. The Morgan fingerprint density at radius 2 is 1.36 bits per heavy atom. The lowest BCUT2D eigenvalue weighted by atomic mass is 9.73. The van der Waals surface area contributed by atoms with Gasteiger partial charge in [0.25, 0.3) is 23.6 Å². The van der Waals surface area contributed by atoms with E-state index < -0.39 is 52.0 Å². The molecule has 2 aliphatic rings. The van der Waals surface area contributed by atoms with Crippen molar-refractivity contribution in [3.63, 3.8) is 0 Å². The van der Waals surface area contributed by atoms with Gasteiger partial charge in [-0.15, -0.1) is 0 Å². The summed E-state index contributed by atoms with van der Waals surface area (Å²) in [7, 11) is 0. The van der Waals surface area contributed by atoms with Crippen LogP contribution in [0.5, 0.6) is 0 Å². The SMILES string of the molecule is CCCCC(CC)CN(CC(CC)CCCC)c1nc(C2(C)CCCCC2)c(/C=C2\C(=O)N(N(C(C)=O)C(=O)C(C)(C)C)C(=O)C(C(=O)N(C(C)=O)C(C)(C)C)=C2C)s1. The van der Waals surface area contributed by atoms with Gasteiger partial charge in [0, 0.05) is 48.9 Å². The first-order valence-corrected chi connectivity index (χ1v) is 23.1. The number of unbranched alkanes of at least 4 members (excludes halogenated alkanes) is 2. The van der Waals surface area contributed by atoms with Crippen LogP contribution in [0.3, 0.4) is 0 Å². The topological polar surface area (TPSA) is 128 Å². The lowest BCUT2D eigenvalue weighted by Crippen LogP contribution is -2.61. The maximum absolute atomic E-state index is 14.9. The maximum atomic E-state index is 14.9. The fourth-order valence-corrected chi connectivity index (χ4v) is 9.65. The molecule has 2 unspecified atom stereocenters. The normalized spacial score (nSPS) is 17.9. The van der Waals surface area contributed by atoms with Gasteiger partial charge in [-0.3, -0.25) is 33.7 Å². The molecule has 3 rings (SSSR count). The summed E-state index contributed by atoms with van der Waals surface area (Å²) < 4.78 is 0. The molecule has 0 spiro atoms. The third-order valence-electron chi connectivity index (χ3n) is 12.1. The molecular formula is C47H75N5O6S. The quantitative estimate of drug-likeness (QED) is 0.0862. The molecule has 1 aliphatic heterocycles. The van der Waals surface area contributed by atoms with E-state index >= 15 is 0 Å². The van der Waals surface area contributed by atoms with Gasteiger partial charge in [0.15, 0.2) is 5.13 Å². The summed E-state index contributed by atoms with van der Waals surface area (Å²) >= 11 is 1.53. The summed E-state index contributed by atoms with van der Waals surface area (Å²) in [5, 5.41) is 1.96. The van der Waals surface area contributed by atoms with Crippen molar-refractivity contribution in [1.29, 1.82) is 0 Å². The number of aromatic nitrogens is 1. The summed E-state index contributed by atoms with van der Waals surface area (Å²) in [5.41, 5.74) is -2.01. The van der Waals surface area contributed by atoms with E-state index in [0.29, 0.717) is 21.9 Å². The second-order valence-electron chi connectivity index (χ2n) is 19.3. The van der Waals surface area contributed by atoms with Gasteiger partial charge in [-0.2, -0.15) is 10.0 Å². The highest BCUT2D eigenvalue weighted by molar-refractivity contribution is 7.16. The van der Waals surface area contributed by atoms with Crippen LogP contribution < -0.4 is 4.90 Å². The Kier molecular flexibility index (Phi) is 17.5. The van der Waals surface area contributed by atoms with Crippen molar-refractivity contribution >= 4 is 58.0 Å². The zero-order chi connectivity index (χ0) is 44.6. The first-order chi connectivity index (χ1) is 27.5. The number of thiazole rings is 1. The van der Waals surface area contributed by atoms with Gasteiger partial charge in [0.2, 0.25) is 11.8 Å². The van der Waals surface area contributed by atoms with Crippen LogP contribution in [-0.4, -0.2) is 74.0 Å². The molecule has 2 heterocycles. The summed E-state index contributed by atoms with van der Waals surface area (Å²) in [6.45, 7) is 26.6. The molecular weight excluding hydrogens is 763 g/mol. The number of nitrogens with zero attached hydrogens (tertiary/aromatic N) is 5. The Balaban J connectivity index is 2.46. The van der Waals surface area contributed by atoms with Gasteiger partial charge in [-0.1, -0.05) is 125 Å². The molecule has 2 atom stereocenters. The predicted octanol–water partition coefficient (Wildman–Crippen LogP) is 10.2. The number of hydrazine groups is 1. The van der Waals surface area contributed by atoms with Crippen LogP contribution in [0.4, 0.5) is 5.13 Å². The van der Waals surface area contributed by atoms with Crippen LogP contribution in [-0.2, 0) is 34.2 Å². The largest absolute Gasteiger partial charge is 0.348 e. The maximum Gasteiger partial charge on any atom is 0.286 e. The molecule has 12 heteroatoms. The van der Waals surface area contributed by atoms with E-state index in [1.807, 2.05) is 0 Å². The Hall–Kier alpha value is -3.67. The number of carbonyl (C=O) groups is 6. The predicted molar refractivity (Wildman–Crippen MR) is 238 cm³/mol. The summed E-state index contributed by atoms with van der Waals surface area (Å²) in [5.74, 6) is -4.20. The first-order valence-electron chi connectivity index (χ1n) is 22.3. The van der Waals surface area contributed by atoms with Gasteiger partial charge >= 0.3 is 0 Å². The molecule has 0 aromatic carbocycles. The van der Waals surface area contributed by atoms with Crippen LogP contribution >= 0.6 is 11.3 Å². The van der Waals surface area contributed by atoms with E-state index in [1.165, 1.54) is 25.2 Å². The fraction of sp³-hybridized carbons (Fsp3) is 0.723. The molecule has 11 nitrogen and oxygen atoms in total. The van der Waals surface area contributed by atoms with Gasteiger partial charge in [-0.05, 0) is 76.9 Å². The van der Waals surface area contributed by atoms with Crippen LogP contribution in [0.2, 0.25) is 0 Å². The number of imide groups is 3. The van der Waals surface area contributed by atoms with Crippen LogP contribution in [0.25, 0.3) is 6.08 Å². The standard InChI is InChI=1S/C47H75N5O6S/c1-15-19-24-34(17-3)29-49(30-35(18-4)25-20-16-2)44-48-39(47(14)26-22-21-23-27-47)37(59-44)28-36-31(5)38(41(56)50(32(6)53)46(11,12)13)42(57)52(40(36)55)51(33(7)54)43(58)45(8,9)10/h28,34-35H,15-27,29-30H2,1-14H3/b36-28-. The minimum Gasteiger partial charge on any atom is -0.348 e. The van der Waals surface area contributed by atoms with Gasteiger partial charge < -0.3 is 4.90 Å². The van der Waals surface area contributed by atoms with Crippen molar-refractivity contribution in [3.8, 4) is 0 Å². The molecule has 1 aromatic heterocycles. The van der Waals surface area contributed by atoms with E-state index in [-0.39, 0.29) is 16.6 Å². The van der Waals surface area contributed by atoms with Crippen molar-refractivity contribution < 1.29 is 28.8 Å². The lowest BCUT2D eigenvalue weighted by molar-refractivity contribution is -0.180. The Labute approximate surface area is 359 Å². The number of rotatable bonds is 17. The zero-order valence-electron chi connectivity index (χ0n) is 38.9. The van der Waals surface area contributed by atoms with E-state index in [4.69, 9.17) is 4.98 Å². The second-order valence-corrected chi connectivity index (χ2v) is 20.3. The van der Waals surface area contributed by atoms with Gasteiger partial charge in [0.05, 0.1) is 10.6 Å². The first kappa shape index (κ1) is 49.7. The number of hydrogen-bond donors (Lipinski definition) is 0. The minimum atomic E-state index is -1.17. The van der Waals surface area contributed by atoms with Crippen molar-refractivity contribution in [2.24, 2.45) is 17.3 Å². The van der Waals surface area contributed by atoms with Crippen molar-refractivity contribution in [2.45, 2.75) is 191 Å².